The molecular formula is C22H28N6O5. The molecule has 33 heavy (non-hydrogen) atoms. The Kier molecular flexibility index (Phi) is 6.16. The summed E-state index contributed by atoms with van der Waals surface area (Å²) in [7, 11) is 0. The van der Waals surface area contributed by atoms with Crippen molar-refractivity contribution in [3.63, 3.8) is 0 Å². The fourth-order valence-corrected chi connectivity index (χ4v) is 4.34. The van der Waals surface area contributed by atoms with E-state index in [0.29, 0.717) is 37.5 Å². The van der Waals surface area contributed by atoms with Gasteiger partial charge in [-0.2, -0.15) is 0 Å². The van der Waals surface area contributed by atoms with E-state index in [0.717, 1.165) is 36.7 Å². The number of aryl methyl sites for hydroxylation is 1. The normalized spacial score (nSPS) is 22.5. The number of nitrogens with zero attached hydrogens (tertiary/aromatic N) is 3. The molecule has 11 nitrogen and oxygen atoms in total. The Balaban J connectivity index is 1.02. The van der Waals surface area contributed by atoms with E-state index in [9.17, 15) is 9.59 Å². The van der Waals surface area contributed by atoms with Gasteiger partial charge in [-0.05, 0) is 31.0 Å². The minimum absolute atomic E-state index is 0.0226. The average Bonchev–Trinajstić information content (AvgIpc) is 3.59. The van der Waals surface area contributed by atoms with Crippen LogP contribution >= 0.6 is 0 Å². The molecule has 0 radical (unpaired) electrons. The van der Waals surface area contributed by atoms with Gasteiger partial charge in [-0.15, -0.1) is 0 Å². The number of hydrogen-bond acceptors (Lipinski definition) is 9. The Labute approximate surface area is 191 Å². The molecule has 0 aliphatic carbocycles. The van der Waals surface area contributed by atoms with Gasteiger partial charge in [-0.3, -0.25) is 14.5 Å². The van der Waals surface area contributed by atoms with E-state index in [1.807, 2.05) is 18.2 Å². The zero-order valence-electron chi connectivity index (χ0n) is 18.5. The van der Waals surface area contributed by atoms with Gasteiger partial charge in [0.15, 0.2) is 17.2 Å². The largest absolute Gasteiger partial charge is 0.454 e. The topological polar surface area (TPSA) is 121 Å². The van der Waals surface area contributed by atoms with Crippen LogP contribution in [0.1, 0.15) is 34.3 Å². The van der Waals surface area contributed by atoms with Gasteiger partial charge in [0, 0.05) is 51.4 Å². The molecule has 2 saturated heterocycles. The van der Waals surface area contributed by atoms with Crippen LogP contribution in [0.2, 0.25) is 0 Å². The molecule has 3 aliphatic rings. The maximum Gasteiger partial charge on any atom is 0.276 e. The molecular weight excluding hydrogens is 428 g/mol. The number of nitrogens with one attached hydrogen (secondary N) is 3. The van der Waals surface area contributed by atoms with Crippen molar-refractivity contribution in [2.45, 2.75) is 25.4 Å². The third-order valence-electron chi connectivity index (χ3n) is 6.25. The standard InChI is InChI=1S/C22H28N6O5/c1-14-10-18(26-33-14)22(30)28-8-6-27(7-9-28)5-4-23-21(29)17-12-16(24-25-17)15-2-3-19-20(11-15)32-13-31-19/h2-3,10-11,16-17,24-25H,4-9,12-13H2,1H3,(H,23,29). The van der Waals surface area contributed by atoms with Gasteiger partial charge in [0.2, 0.25) is 12.7 Å². The summed E-state index contributed by atoms with van der Waals surface area (Å²) in [4.78, 5) is 29.1. The van der Waals surface area contributed by atoms with Gasteiger partial charge < -0.3 is 24.2 Å². The van der Waals surface area contributed by atoms with Crippen LogP contribution < -0.4 is 25.6 Å². The lowest BCUT2D eigenvalue weighted by Gasteiger charge is -2.34. The fraction of sp³-hybridized carbons (Fsp3) is 0.500. The summed E-state index contributed by atoms with van der Waals surface area (Å²) in [6.07, 6.45) is 0.647. The molecule has 3 N–H and O–H groups in total. The van der Waals surface area contributed by atoms with Crippen LogP contribution in [0.4, 0.5) is 0 Å². The first kappa shape index (κ1) is 21.7. The van der Waals surface area contributed by atoms with E-state index >= 15 is 0 Å². The summed E-state index contributed by atoms with van der Waals surface area (Å²) in [6.45, 7) is 6.08. The van der Waals surface area contributed by atoms with Crippen molar-refractivity contribution < 1.29 is 23.6 Å². The first-order valence-electron chi connectivity index (χ1n) is 11.2. The van der Waals surface area contributed by atoms with Gasteiger partial charge in [0.1, 0.15) is 11.8 Å². The first-order chi connectivity index (χ1) is 16.1. The van der Waals surface area contributed by atoms with Crippen LogP contribution in [0, 0.1) is 6.92 Å². The van der Waals surface area contributed by atoms with Gasteiger partial charge in [-0.1, -0.05) is 11.2 Å². The molecule has 3 aliphatic heterocycles. The highest BCUT2D eigenvalue weighted by atomic mass is 16.7. The minimum Gasteiger partial charge on any atom is -0.454 e. The Hall–Kier alpha value is -3.15. The van der Waals surface area contributed by atoms with Gasteiger partial charge in [-0.25, -0.2) is 10.9 Å². The number of aromatic nitrogens is 1. The van der Waals surface area contributed by atoms with Gasteiger partial charge in [0.05, 0.1) is 0 Å². The molecule has 4 heterocycles. The Morgan fingerprint density at radius 2 is 1.94 bits per heavy atom. The van der Waals surface area contributed by atoms with E-state index in [1.165, 1.54) is 0 Å². The number of hydrazine groups is 1. The van der Waals surface area contributed by atoms with Crippen molar-refractivity contribution in [2.24, 2.45) is 0 Å². The van der Waals surface area contributed by atoms with Gasteiger partial charge >= 0.3 is 0 Å². The zero-order valence-corrected chi connectivity index (χ0v) is 18.5. The second-order valence-electron chi connectivity index (χ2n) is 8.49. The monoisotopic (exact) mass is 456 g/mol. The predicted octanol–water partition coefficient (Wildman–Crippen LogP) is 0.194. The third kappa shape index (κ3) is 4.80. The quantitative estimate of drug-likeness (QED) is 0.559. The number of fused-ring (bicyclic) bond motifs is 1. The summed E-state index contributed by atoms with van der Waals surface area (Å²) in [5.74, 6) is 1.98. The molecule has 2 fully saturated rings. The highest BCUT2D eigenvalue weighted by Crippen LogP contribution is 2.35. The smallest absolute Gasteiger partial charge is 0.276 e. The molecule has 0 bridgehead atoms. The molecule has 2 unspecified atom stereocenters. The zero-order chi connectivity index (χ0) is 22.8. The molecule has 0 spiro atoms. The van der Waals surface area contributed by atoms with E-state index in [2.05, 4.69) is 26.2 Å². The molecule has 2 amide bonds. The number of ether oxygens (including phenoxy) is 2. The van der Waals surface area contributed by atoms with Crippen LogP contribution in [0.25, 0.3) is 0 Å². The van der Waals surface area contributed by atoms with Crippen LogP contribution in [-0.4, -0.2) is 78.9 Å². The van der Waals surface area contributed by atoms with E-state index < -0.39 is 0 Å². The molecule has 5 rings (SSSR count). The molecule has 1 aromatic carbocycles. The maximum absolute atomic E-state index is 12.6. The number of rotatable bonds is 6. The van der Waals surface area contributed by atoms with Crippen molar-refractivity contribution in [1.82, 2.24) is 31.1 Å². The lowest BCUT2D eigenvalue weighted by Crippen LogP contribution is -2.51. The fourth-order valence-electron chi connectivity index (χ4n) is 4.34. The molecule has 11 heteroatoms. The Bertz CT molecular complexity index is 1020. The molecule has 1 aromatic heterocycles. The number of piperazine rings is 1. The van der Waals surface area contributed by atoms with Crippen LogP contribution in [-0.2, 0) is 4.79 Å². The van der Waals surface area contributed by atoms with E-state index in [-0.39, 0.29) is 30.7 Å². The van der Waals surface area contributed by atoms with E-state index in [4.69, 9.17) is 14.0 Å². The Morgan fingerprint density at radius 1 is 1.12 bits per heavy atom. The number of benzene rings is 1. The van der Waals surface area contributed by atoms with Crippen molar-refractivity contribution >= 4 is 11.8 Å². The molecule has 0 saturated carbocycles. The number of amides is 2. The second-order valence-corrected chi connectivity index (χ2v) is 8.49. The highest BCUT2D eigenvalue weighted by molar-refractivity contribution is 5.92. The van der Waals surface area contributed by atoms with E-state index in [1.54, 1.807) is 17.9 Å². The molecule has 2 atom stereocenters. The van der Waals surface area contributed by atoms with Gasteiger partial charge in [0.25, 0.3) is 5.91 Å². The third-order valence-corrected chi connectivity index (χ3v) is 6.25. The average molecular weight is 457 g/mol. The van der Waals surface area contributed by atoms with Crippen LogP contribution in [0.15, 0.2) is 28.8 Å². The second kappa shape index (κ2) is 9.38. The van der Waals surface area contributed by atoms with Crippen molar-refractivity contribution in [1.29, 1.82) is 0 Å². The molecule has 2 aromatic rings. The van der Waals surface area contributed by atoms with Crippen molar-refractivity contribution in [2.75, 3.05) is 46.1 Å². The number of carbonyl (C=O) groups excluding carboxylic acids is 2. The lowest BCUT2D eigenvalue weighted by atomic mass is 10.0. The summed E-state index contributed by atoms with van der Waals surface area (Å²) in [5, 5.41) is 6.82. The lowest BCUT2D eigenvalue weighted by molar-refractivity contribution is -0.122. The van der Waals surface area contributed by atoms with Crippen LogP contribution in [0.5, 0.6) is 11.5 Å². The van der Waals surface area contributed by atoms with Crippen molar-refractivity contribution in [3.05, 3.63) is 41.3 Å². The summed E-state index contributed by atoms with van der Waals surface area (Å²) >= 11 is 0. The Morgan fingerprint density at radius 3 is 2.73 bits per heavy atom. The first-order valence-corrected chi connectivity index (χ1v) is 11.2. The summed E-state index contributed by atoms with van der Waals surface area (Å²) < 4.78 is 15.8. The maximum atomic E-state index is 12.6. The molecule has 176 valence electrons. The SMILES string of the molecule is Cc1cc(C(=O)N2CCN(CCNC(=O)C3CC(c4ccc5c(c4)OCO5)NN3)CC2)no1. The summed E-state index contributed by atoms with van der Waals surface area (Å²) in [5.41, 5.74) is 7.69. The summed E-state index contributed by atoms with van der Waals surface area (Å²) in [6, 6.07) is 7.22. The van der Waals surface area contributed by atoms with Crippen LogP contribution in [0.3, 0.4) is 0 Å². The minimum atomic E-state index is -0.305. The van der Waals surface area contributed by atoms with Crippen molar-refractivity contribution in [3.8, 4) is 11.5 Å². The number of hydrogen-bond donors (Lipinski definition) is 3. The highest BCUT2D eigenvalue weighted by Gasteiger charge is 2.31. The predicted molar refractivity (Wildman–Crippen MR) is 117 cm³/mol. The number of carbonyl (C=O) groups is 2.